The van der Waals surface area contributed by atoms with Gasteiger partial charge in [0.1, 0.15) is 5.94 Å². The predicted octanol–water partition coefficient (Wildman–Crippen LogP) is 0.928. The molecular formula is C10H6O5. The minimum atomic E-state index is -1.29. The van der Waals surface area contributed by atoms with E-state index in [1.165, 1.54) is 24.1 Å². The highest BCUT2D eigenvalue weighted by molar-refractivity contribution is 6.02. The van der Waals surface area contributed by atoms with Crippen LogP contribution in [0.5, 0.6) is 0 Å². The maximum absolute atomic E-state index is 10.7. The topological polar surface area (TPSA) is 91.7 Å². The number of carboxylic acid groups (broad SMARTS) is 2. The Hall–Kier alpha value is -2.39. The number of benzene rings is 1. The Morgan fingerprint density at radius 1 is 1.13 bits per heavy atom. The van der Waals surface area contributed by atoms with Gasteiger partial charge in [-0.2, -0.15) is 0 Å². The van der Waals surface area contributed by atoms with Crippen molar-refractivity contribution in [3.8, 4) is 0 Å². The standard InChI is InChI=1S/C10H6O5/c11-5-4-6-7(9(12)13)2-1-3-8(6)10(14)15/h1-4H,(H,12,13)(H,14,15). The van der Waals surface area contributed by atoms with Crippen LogP contribution in [0.15, 0.2) is 18.2 Å². The van der Waals surface area contributed by atoms with E-state index in [0.717, 1.165) is 6.08 Å². The van der Waals surface area contributed by atoms with Gasteiger partial charge >= 0.3 is 11.9 Å². The molecule has 1 aromatic carbocycles. The molecule has 5 heteroatoms. The van der Waals surface area contributed by atoms with Gasteiger partial charge in [-0.05, 0) is 12.1 Å². The molecule has 0 aliphatic carbocycles. The van der Waals surface area contributed by atoms with E-state index in [0.29, 0.717) is 0 Å². The number of carbonyl (C=O) groups excluding carboxylic acids is 1. The molecule has 15 heavy (non-hydrogen) atoms. The lowest BCUT2D eigenvalue weighted by atomic mass is 10.0. The molecule has 0 unspecified atom stereocenters. The Balaban J connectivity index is 3.55. The third-order valence-electron chi connectivity index (χ3n) is 1.77. The van der Waals surface area contributed by atoms with Crippen LogP contribution in [-0.2, 0) is 4.79 Å². The zero-order chi connectivity index (χ0) is 11.4. The summed E-state index contributed by atoms with van der Waals surface area (Å²) >= 11 is 0. The molecule has 0 atom stereocenters. The Bertz CT molecular complexity index is 436. The van der Waals surface area contributed by atoms with Crippen LogP contribution < -0.4 is 0 Å². The number of carboxylic acids is 2. The molecule has 0 radical (unpaired) electrons. The Kier molecular flexibility index (Phi) is 3.00. The largest absolute Gasteiger partial charge is 0.478 e. The summed E-state index contributed by atoms with van der Waals surface area (Å²) < 4.78 is 0. The summed E-state index contributed by atoms with van der Waals surface area (Å²) in [5.41, 5.74) is -0.621. The monoisotopic (exact) mass is 206 g/mol. The van der Waals surface area contributed by atoms with Gasteiger partial charge in [-0.3, -0.25) is 0 Å². The Morgan fingerprint density at radius 3 is 1.93 bits per heavy atom. The van der Waals surface area contributed by atoms with Gasteiger partial charge in [-0.25, -0.2) is 14.4 Å². The third-order valence-corrected chi connectivity index (χ3v) is 1.77. The van der Waals surface area contributed by atoms with Gasteiger partial charge in [-0.1, -0.05) is 6.07 Å². The van der Waals surface area contributed by atoms with Crippen molar-refractivity contribution in [2.45, 2.75) is 0 Å². The molecule has 1 rings (SSSR count). The molecule has 0 aliphatic rings. The highest BCUT2D eigenvalue weighted by Crippen LogP contribution is 2.16. The first-order valence-corrected chi connectivity index (χ1v) is 3.88. The molecule has 0 heterocycles. The van der Waals surface area contributed by atoms with Crippen molar-refractivity contribution in [2.75, 3.05) is 0 Å². The van der Waals surface area contributed by atoms with Crippen LogP contribution in [-0.4, -0.2) is 28.1 Å². The zero-order valence-electron chi connectivity index (χ0n) is 7.43. The average molecular weight is 206 g/mol. The number of aromatic carboxylic acids is 2. The molecule has 2 N–H and O–H groups in total. The summed E-state index contributed by atoms with van der Waals surface area (Å²) in [5.74, 6) is -1.21. The van der Waals surface area contributed by atoms with E-state index >= 15 is 0 Å². The molecule has 0 aromatic heterocycles. The van der Waals surface area contributed by atoms with Crippen molar-refractivity contribution < 1.29 is 24.6 Å². The number of hydrogen-bond donors (Lipinski definition) is 2. The quantitative estimate of drug-likeness (QED) is 0.717. The van der Waals surface area contributed by atoms with Crippen molar-refractivity contribution in [3.05, 3.63) is 34.9 Å². The SMILES string of the molecule is O=C=Cc1c(C(=O)O)cccc1C(=O)O. The molecule has 0 aliphatic heterocycles. The fourth-order valence-electron chi connectivity index (χ4n) is 1.15. The molecule has 0 amide bonds. The fourth-order valence-corrected chi connectivity index (χ4v) is 1.15. The number of hydrogen-bond acceptors (Lipinski definition) is 3. The van der Waals surface area contributed by atoms with E-state index in [2.05, 4.69) is 0 Å². The van der Waals surface area contributed by atoms with Gasteiger partial charge in [-0.15, -0.1) is 0 Å². The maximum atomic E-state index is 10.7. The normalized spacial score (nSPS) is 9.07. The summed E-state index contributed by atoms with van der Waals surface area (Å²) in [5, 5.41) is 17.5. The van der Waals surface area contributed by atoms with Crippen LogP contribution >= 0.6 is 0 Å². The van der Waals surface area contributed by atoms with Gasteiger partial charge < -0.3 is 10.2 Å². The molecule has 0 fully saturated rings. The van der Waals surface area contributed by atoms with Crippen LogP contribution in [0.2, 0.25) is 0 Å². The van der Waals surface area contributed by atoms with E-state index in [1.54, 1.807) is 0 Å². The molecule has 1 aromatic rings. The lowest BCUT2D eigenvalue weighted by Crippen LogP contribution is -2.06. The van der Waals surface area contributed by atoms with Crippen molar-refractivity contribution in [2.24, 2.45) is 0 Å². The molecule has 0 saturated heterocycles. The van der Waals surface area contributed by atoms with Gasteiger partial charge in [0.25, 0.3) is 0 Å². The number of rotatable bonds is 3. The van der Waals surface area contributed by atoms with Crippen molar-refractivity contribution in [1.82, 2.24) is 0 Å². The minimum absolute atomic E-state index is 0.146. The summed E-state index contributed by atoms with van der Waals surface area (Å²) in [7, 11) is 0. The van der Waals surface area contributed by atoms with E-state index in [-0.39, 0.29) is 16.7 Å². The molecule has 76 valence electrons. The molecular weight excluding hydrogens is 200 g/mol. The van der Waals surface area contributed by atoms with E-state index < -0.39 is 11.9 Å². The van der Waals surface area contributed by atoms with Gasteiger partial charge in [0.15, 0.2) is 0 Å². The van der Waals surface area contributed by atoms with Crippen LogP contribution in [0.1, 0.15) is 26.3 Å². The first-order valence-electron chi connectivity index (χ1n) is 3.88. The first kappa shape index (κ1) is 10.7. The molecule has 0 bridgehead atoms. The second kappa shape index (κ2) is 4.21. The summed E-state index contributed by atoms with van der Waals surface area (Å²) in [4.78, 5) is 31.6. The first-order chi connectivity index (χ1) is 7.07. The Morgan fingerprint density at radius 2 is 1.60 bits per heavy atom. The highest BCUT2D eigenvalue weighted by Gasteiger charge is 2.15. The third kappa shape index (κ3) is 2.10. The van der Waals surface area contributed by atoms with Crippen molar-refractivity contribution in [3.63, 3.8) is 0 Å². The smallest absolute Gasteiger partial charge is 0.336 e. The number of carbonyl (C=O) groups is 2. The minimum Gasteiger partial charge on any atom is -0.478 e. The lowest BCUT2D eigenvalue weighted by Gasteiger charge is -2.03. The summed E-state index contributed by atoms with van der Waals surface area (Å²) in [6.07, 6.45) is 0.799. The van der Waals surface area contributed by atoms with Crippen LogP contribution in [0.25, 0.3) is 6.08 Å². The van der Waals surface area contributed by atoms with E-state index in [9.17, 15) is 14.4 Å². The maximum Gasteiger partial charge on any atom is 0.336 e. The van der Waals surface area contributed by atoms with Gasteiger partial charge in [0.05, 0.1) is 11.1 Å². The summed E-state index contributed by atoms with van der Waals surface area (Å²) in [6.45, 7) is 0. The second-order valence-electron chi connectivity index (χ2n) is 2.64. The zero-order valence-corrected chi connectivity index (χ0v) is 7.43. The van der Waals surface area contributed by atoms with Crippen LogP contribution in [0.3, 0.4) is 0 Å². The average Bonchev–Trinajstić information content (AvgIpc) is 2.17. The van der Waals surface area contributed by atoms with Gasteiger partial charge in [0, 0.05) is 11.6 Å². The molecule has 0 spiro atoms. The van der Waals surface area contributed by atoms with Crippen LogP contribution in [0.4, 0.5) is 0 Å². The Labute approximate surface area is 84.3 Å². The lowest BCUT2D eigenvalue weighted by molar-refractivity contribution is 0.0696. The predicted molar refractivity (Wildman–Crippen MR) is 50.5 cm³/mol. The van der Waals surface area contributed by atoms with Gasteiger partial charge in [0.2, 0.25) is 0 Å². The van der Waals surface area contributed by atoms with Crippen molar-refractivity contribution in [1.29, 1.82) is 0 Å². The van der Waals surface area contributed by atoms with E-state index in [1.807, 2.05) is 0 Å². The molecule has 0 saturated carbocycles. The second-order valence-corrected chi connectivity index (χ2v) is 2.64. The van der Waals surface area contributed by atoms with Crippen LogP contribution in [0, 0.1) is 0 Å². The van der Waals surface area contributed by atoms with E-state index in [4.69, 9.17) is 10.2 Å². The van der Waals surface area contributed by atoms with Crippen molar-refractivity contribution >= 4 is 24.0 Å². The summed E-state index contributed by atoms with van der Waals surface area (Å²) in [6, 6.07) is 3.74. The fraction of sp³-hybridized carbons (Fsp3) is 0. The highest BCUT2D eigenvalue weighted by atomic mass is 16.4. The molecule has 5 nitrogen and oxygen atoms in total.